The molecule has 6 nitrogen and oxygen atoms in total. The van der Waals surface area contributed by atoms with E-state index in [2.05, 4.69) is 10.6 Å². The van der Waals surface area contributed by atoms with Crippen molar-refractivity contribution >= 4 is 17.5 Å². The monoisotopic (exact) mass is 293 g/mol. The number of hydrogen-bond acceptors (Lipinski definition) is 4. The number of nitrogens with one attached hydrogen (secondary N) is 2. The van der Waals surface area contributed by atoms with Gasteiger partial charge in [-0.2, -0.15) is 0 Å². The number of methoxy groups -OCH3 is 1. The molecule has 4 N–H and O–H groups in total. The molecule has 0 heterocycles. The highest BCUT2D eigenvalue weighted by atomic mass is 16.5. The van der Waals surface area contributed by atoms with Crippen LogP contribution in [0, 0.1) is 0 Å². The number of nitrogens with two attached hydrogens (primary N) is 1. The zero-order chi connectivity index (χ0) is 15.7. The van der Waals surface area contributed by atoms with Crippen LogP contribution in [-0.2, 0) is 9.53 Å². The molecular formula is C15H23N3O3. The molecule has 0 unspecified atom stereocenters. The van der Waals surface area contributed by atoms with Crippen LogP contribution in [0.2, 0.25) is 0 Å². The van der Waals surface area contributed by atoms with Gasteiger partial charge in [0.25, 0.3) is 5.91 Å². The predicted molar refractivity (Wildman–Crippen MR) is 82.2 cm³/mol. The number of amides is 2. The Balaban J connectivity index is 2.74. The maximum atomic E-state index is 12.1. The predicted octanol–water partition coefficient (Wildman–Crippen LogP) is 1.13. The maximum absolute atomic E-state index is 12.1. The van der Waals surface area contributed by atoms with Crippen LogP contribution in [-0.4, -0.2) is 38.1 Å². The Hall–Kier alpha value is -1.92. The SMILES string of the molecule is CCC[C@@H](N)C(=O)Nc1ccccc1C(=O)NCCOC. The van der Waals surface area contributed by atoms with Crippen molar-refractivity contribution in [3.63, 3.8) is 0 Å². The molecule has 0 fully saturated rings. The normalized spacial score (nSPS) is 11.8. The third kappa shape index (κ3) is 5.53. The average Bonchev–Trinajstić information content (AvgIpc) is 2.48. The Bertz CT molecular complexity index is 477. The fraction of sp³-hybridized carbons (Fsp3) is 0.467. The van der Waals surface area contributed by atoms with Crippen LogP contribution >= 0.6 is 0 Å². The molecule has 0 aliphatic heterocycles. The minimum atomic E-state index is -0.570. The molecule has 0 aromatic heterocycles. The van der Waals surface area contributed by atoms with E-state index in [1.165, 1.54) is 0 Å². The topological polar surface area (TPSA) is 93.5 Å². The van der Waals surface area contributed by atoms with E-state index >= 15 is 0 Å². The lowest BCUT2D eigenvalue weighted by atomic mass is 10.1. The third-order valence-electron chi connectivity index (χ3n) is 2.96. The summed E-state index contributed by atoms with van der Waals surface area (Å²) in [7, 11) is 1.56. The summed E-state index contributed by atoms with van der Waals surface area (Å²) in [5.74, 6) is -0.541. The Morgan fingerprint density at radius 3 is 2.71 bits per heavy atom. The minimum Gasteiger partial charge on any atom is -0.383 e. The number of rotatable bonds is 8. The number of ether oxygens (including phenoxy) is 1. The van der Waals surface area contributed by atoms with Gasteiger partial charge in [0.15, 0.2) is 0 Å². The van der Waals surface area contributed by atoms with Gasteiger partial charge in [0, 0.05) is 13.7 Å². The number of carbonyl (C=O) groups excluding carboxylic acids is 2. The molecule has 1 atom stereocenters. The van der Waals surface area contributed by atoms with Crippen LogP contribution in [0.15, 0.2) is 24.3 Å². The van der Waals surface area contributed by atoms with E-state index < -0.39 is 6.04 Å². The minimum absolute atomic E-state index is 0.257. The van der Waals surface area contributed by atoms with E-state index in [0.29, 0.717) is 30.8 Å². The highest BCUT2D eigenvalue weighted by Crippen LogP contribution is 2.15. The van der Waals surface area contributed by atoms with Gasteiger partial charge in [-0.3, -0.25) is 9.59 Å². The molecule has 21 heavy (non-hydrogen) atoms. The van der Waals surface area contributed by atoms with Crippen molar-refractivity contribution in [2.75, 3.05) is 25.6 Å². The molecule has 2 amide bonds. The van der Waals surface area contributed by atoms with Crippen molar-refractivity contribution in [3.8, 4) is 0 Å². The molecular weight excluding hydrogens is 270 g/mol. The van der Waals surface area contributed by atoms with Crippen molar-refractivity contribution in [3.05, 3.63) is 29.8 Å². The number of carbonyl (C=O) groups is 2. The van der Waals surface area contributed by atoms with Gasteiger partial charge in [0.05, 0.1) is 23.9 Å². The van der Waals surface area contributed by atoms with Crippen molar-refractivity contribution < 1.29 is 14.3 Å². The van der Waals surface area contributed by atoms with E-state index in [9.17, 15) is 9.59 Å². The third-order valence-corrected chi connectivity index (χ3v) is 2.96. The van der Waals surface area contributed by atoms with Crippen molar-refractivity contribution in [1.82, 2.24) is 5.32 Å². The highest BCUT2D eigenvalue weighted by Gasteiger charge is 2.16. The van der Waals surface area contributed by atoms with Gasteiger partial charge in [0.2, 0.25) is 5.91 Å². The first kappa shape index (κ1) is 17.1. The number of para-hydroxylation sites is 1. The lowest BCUT2D eigenvalue weighted by Gasteiger charge is -2.14. The molecule has 0 aliphatic carbocycles. The average molecular weight is 293 g/mol. The molecule has 0 saturated carbocycles. The van der Waals surface area contributed by atoms with Crippen LogP contribution in [0.25, 0.3) is 0 Å². The van der Waals surface area contributed by atoms with Gasteiger partial charge in [-0.25, -0.2) is 0 Å². The first-order valence-electron chi connectivity index (χ1n) is 7.02. The van der Waals surface area contributed by atoms with Gasteiger partial charge < -0.3 is 21.1 Å². The Labute approximate surface area is 125 Å². The number of anilines is 1. The van der Waals surface area contributed by atoms with Crippen molar-refractivity contribution in [2.45, 2.75) is 25.8 Å². The first-order valence-corrected chi connectivity index (χ1v) is 7.02. The lowest BCUT2D eigenvalue weighted by Crippen LogP contribution is -2.36. The van der Waals surface area contributed by atoms with Crippen LogP contribution in [0.1, 0.15) is 30.1 Å². The van der Waals surface area contributed by atoms with Crippen LogP contribution in [0.5, 0.6) is 0 Å². The quantitative estimate of drug-likeness (QED) is 0.626. The van der Waals surface area contributed by atoms with Crippen LogP contribution in [0.3, 0.4) is 0 Å². The van der Waals surface area contributed by atoms with Crippen LogP contribution in [0.4, 0.5) is 5.69 Å². The van der Waals surface area contributed by atoms with Crippen molar-refractivity contribution in [1.29, 1.82) is 0 Å². The zero-order valence-corrected chi connectivity index (χ0v) is 12.5. The summed E-state index contributed by atoms with van der Waals surface area (Å²) >= 11 is 0. The van der Waals surface area contributed by atoms with E-state index in [-0.39, 0.29) is 11.8 Å². The Kier molecular flexibility index (Phi) is 7.42. The van der Waals surface area contributed by atoms with E-state index in [1.807, 2.05) is 6.92 Å². The van der Waals surface area contributed by atoms with E-state index in [0.717, 1.165) is 6.42 Å². The lowest BCUT2D eigenvalue weighted by molar-refractivity contribution is -0.117. The zero-order valence-electron chi connectivity index (χ0n) is 12.5. The first-order chi connectivity index (χ1) is 10.1. The van der Waals surface area contributed by atoms with Gasteiger partial charge in [-0.1, -0.05) is 25.5 Å². The molecule has 0 aliphatic rings. The standard InChI is InChI=1S/C15H23N3O3/c1-3-6-12(16)15(20)18-13-8-5-4-7-11(13)14(19)17-9-10-21-2/h4-5,7-8,12H,3,6,9-10,16H2,1-2H3,(H,17,19)(H,18,20)/t12-/m1/s1. The second kappa shape index (κ2) is 9.10. The molecule has 0 spiro atoms. The summed E-state index contributed by atoms with van der Waals surface area (Å²) in [5.41, 5.74) is 6.64. The summed E-state index contributed by atoms with van der Waals surface area (Å²) in [5, 5.41) is 5.43. The van der Waals surface area contributed by atoms with Gasteiger partial charge in [-0.05, 0) is 18.6 Å². The smallest absolute Gasteiger partial charge is 0.253 e. The molecule has 0 saturated heterocycles. The second-order valence-corrected chi connectivity index (χ2v) is 4.68. The van der Waals surface area contributed by atoms with Gasteiger partial charge >= 0.3 is 0 Å². The van der Waals surface area contributed by atoms with E-state index in [1.54, 1.807) is 31.4 Å². The van der Waals surface area contributed by atoms with Gasteiger partial charge in [-0.15, -0.1) is 0 Å². The highest BCUT2D eigenvalue weighted by molar-refractivity contribution is 6.04. The summed E-state index contributed by atoms with van der Waals surface area (Å²) < 4.78 is 4.88. The molecule has 6 heteroatoms. The number of hydrogen-bond donors (Lipinski definition) is 3. The summed E-state index contributed by atoms with van der Waals surface area (Å²) in [6.07, 6.45) is 1.43. The Morgan fingerprint density at radius 2 is 2.05 bits per heavy atom. The second-order valence-electron chi connectivity index (χ2n) is 4.68. The molecule has 1 aromatic rings. The summed E-state index contributed by atoms with van der Waals surface area (Å²) in [6, 6.07) is 6.27. The Morgan fingerprint density at radius 1 is 1.33 bits per heavy atom. The van der Waals surface area contributed by atoms with Crippen molar-refractivity contribution in [2.24, 2.45) is 5.73 Å². The molecule has 1 rings (SSSR count). The fourth-order valence-electron chi connectivity index (χ4n) is 1.82. The van der Waals surface area contributed by atoms with E-state index in [4.69, 9.17) is 10.5 Å². The fourth-order valence-corrected chi connectivity index (χ4v) is 1.82. The molecule has 116 valence electrons. The molecule has 0 radical (unpaired) electrons. The number of benzene rings is 1. The molecule has 1 aromatic carbocycles. The van der Waals surface area contributed by atoms with Crippen LogP contribution < -0.4 is 16.4 Å². The van der Waals surface area contributed by atoms with Gasteiger partial charge in [0.1, 0.15) is 0 Å². The largest absolute Gasteiger partial charge is 0.383 e. The summed E-state index contributed by atoms with van der Waals surface area (Å²) in [6.45, 7) is 2.80. The summed E-state index contributed by atoms with van der Waals surface area (Å²) in [4.78, 5) is 24.0. The maximum Gasteiger partial charge on any atom is 0.253 e. The molecule has 0 bridgehead atoms.